The number of fused-ring (bicyclic) bond motifs is 1. The lowest BCUT2D eigenvalue weighted by atomic mass is 9.90. The van der Waals surface area contributed by atoms with Crippen LogP contribution in [0, 0.1) is 5.92 Å². The Balaban J connectivity index is 1.34. The average Bonchev–Trinajstić information content (AvgIpc) is 3.50. The maximum absolute atomic E-state index is 14.0. The van der Waals surface area contributed by atoms with Crippen molar-refractivity contribution in [3.05, 3.63) is 120 Å². The van der Waals surface area contributed by atoms with E-state index in [-0.39, 0.29) is 5.91 Å². The molecule has 0 unspecified atom stereocenters. The molecule has 0 spiro atoms. The van der Waals surface area contributed by atoms with Crippen molar-refractivity contribution in [2.24, 2.45) is 5.92 Å². The number of imide groups is 1. The fraction of sp³-hybridized carbons (Fsp3) is 0.156. The molecule has 0 aliphatic carbocycles. The third-order valence-corrected chi connectivity index (χ3v) is 6.97. The zero-order valence-corrected chi connectivity index (χ0v) is 21.7. The van der Waals surface area contributed by atoms with Crippen LogP contribution in [-0.2, 0) is 14.4 Å². The highest BCUT2D eigenvalue weighted by atomic mass is 16.7. The molecule has 40 heavy (non-hydrogen) atoms. The van der Waals surface area contributed by atoms with Gasteiger partial charge in [-0.2, -0.15) is 0 Å². The molecule has 2 aliphatic heterocycles. The van der Waals surface area contributed by atoms with E-state index in [1.54, 1.807) is 77.9 Å². The molecule has 8 nitrogen and oxygen atoms in total. The van der Waals surface area contributed by atoms with Crippen LogP contribution in [0.4, 0.5) is 11.4 Å². The molecule has 4 aromatic carbocycles. The lowest BCUT2D eigenvalue weighted by molar-refractivity contribution is -0.126. The number of hydroxylamine groups is 1. The Bertz CT molecular complexity index is 1540. The first-order valence-corrected chi connectivity index (χ1v) is 13.0. The Hall–Kier alpha value is -4.95. The summed E-state index contributed by atoms with van der Waals surface area (Å²) < 4.78 is 11.2. The van der Waals surface area contributed by atoms with E-state index in [4.69, 9.17) is 14.3 Å². The van der Waals surface area contributed by atoms with E-state index in [2.05, 4.69) is 0 Å². The van der Waals surface area contributed by atoms with E-state index in [1.807, 2.05) is 43.3 Å². The van der Waals surface area contributed by atoms with Crippen LogP contribution in [0.2, 0.25) is 0 Å². The lowest BCUT2D eigenvalue weighted by Crippen LogP contribution is -2.37. The average molecular weight is 535 g/mol. The quantitative estimate of drug-likeness (QED) is 0.179. The van der Waals surface area contributed by atoms with Crippen molar-refractivity contribution in [2.45, 2.75) is 19.1 Å². The van der Waals surface area contributed by atoms with Crippen molar-refractivity contribution in [1.82, 2.24) is 0 Å². The second kappa shape index (κ2) is 10.7. The van der Waals surface area contributed by atoms with Gasteiger partial charge in [0, 0.05) is 0 Å². The number of para-hydroxylation sites is 3. The van der Waals surface area contributed by atoms with Gasteiger partial charge in [-0.25, -0.2) is 14.8 Å². The molecule has 0 aromatic heterocycles. The van der Waals surface area contributed by atoms with E-state index >= 15 is 0 Å². The normalized spacial score (nSPS) is 20.0. The van der Waals surface area contributed by atoms with Gasteiger partial charge >= 0.3 is 5.97 Å². The molecule has 2 aliphatic rings. The second-order valence-corrected chi connectivity index (χ2v) is 9.40. The van der Waals surface area contributed by atoms with Crippen molar-refractivity contribution in [1.29, 1.82) is 0 Å². The molecule has 0 N–H and O–H groups in total. The van der Waals surface area contributed by atoms with E-state index in [0.29, 0.717) is 35.0 Å². The molecule has 2 saturated heterocycles. The van der Waals surface area contributed by atoms with E-state index < -0.39 is 29.9 Å². The topological polar surface area (TPSA) is 85.4 Å². The third kappa shape index (κ3) is 4.48. The maximum Gasteiger partial charge on any atom is 0.343 e. The van der Waals surface area contributed by atoms with Gasteiger partial charge in [-0.15, -0.1) is 0 Å². The highest BCUT2D eigenvalue weighted by molar-refractivity contribution is 6.24. The van der Waals surface area contributed by atoms with Crippen LogP contribution < -0.4 is 19.4 Å². The van der Waals surface area contributed by atoms with Crippen LogP contribution in [0.5, 0.6) is 11.5 Å². The van der Waals surface area contributed by atoms with Crippen molar-refractivity contribution >= 4 is 29.2 Å². The first-order valence-electron chi connectivity index (χ1n) is 13.0. The summed E-state index contributed by atoms with van der Waals surface area (Å²) in [4.78, 5) is 47.5. The van der Waals surface area contributed by atoms with Gasteiger partial charge in [0.1, 0.15) is 17.4 Å². The number of hydrogen-bond acceptors (Lipinski definition) is 7. The van der Waals surface area contributed by atoms with Crippen LogP contribution in [0.1, 0.15) is 28.9 Å². The first kappa shape index (κ1) is 25.3. The van der Waals surface area contributed by atoms with E-state index in [0.717, 1.165) is 5.56 Å². The first-order chi connectivity index (χ1) is 19.6. The molecular formula is C32H26N2O6. The minimum atomic E-state index is -1.01. The number of rotatable bonds is 7. The molecule has 8 heteroatoms. The Morgan fingerprint density at radius 3 is 2.15 bits per heavy atom. The molecule has 2 amide bonds. The lowest BCUT2D eigenvalue weighted by Gasteiger charge is -2.29. The van der Waals surface area contributed by atoms with Gasteiger partial charge in [0.05, 0.1) is 29.6 Å². The third-order valence-electron chi connectivity index (χ3n) is 6.97. The fourth-order valence-corrected chi connectivity index (χ4v) is 5.18. The van der Waals surface area contributed by atoms with Crippen LogP contribution in [0.3, 0.4) is 0 Å². The predicted octanol–water partition coefficient (Wildman–Crippen LogP) is 5.36. The van der Waals surface area contributed by atoms with Gasteiger partial charge in [0.25, 0.3) is 5.91 Å². The number of carbonyl (C=O) groups is 3. The number of esters is 1. The molecular weight excluding hydrogens is 508 g/mol. The minimum Gasteiger partial charge on any atom is -0.492 e. The Labute approximate surface area is 231 Å². The smallest absolute Gasteiger partial charge is 0.343 e. The van der Waals surface area contributed by atoms with Crippen LogP contribution in [0.15, 0.2) is 109 Å². The van der Waals surface area contributed by atoms with Gasteiger partial charge in [0.2, 0.25) is 5.91 Å². The standard InChI is InChI=1S/C32H26N2O6/c1-2-38-26-16-10-9-15-25(26)33-30(35)27-28(34(40-29(27)31(33)36)23-13-7-4-8-14-23)21-17-19-24(20-18-21)39-32(37)22-11-5-3-6-12-22/h3-20,27-29H,2H2,1H3/t27-,28-,29+/m1/s1. The zero-order chi connectivity index (χ0) is 27.6. The molecule has 2 heterocycles. The number of amides is 2. The van der Waals surface area contributed by atoms with Gasteiger partial charge in [-0.1, -0.05) is 60.7 Å². The van der Waals surface area contributed by atoms with Crippen molar-refractivity contribution in [3.63, 3.8) is 0 Å². The van der Waals surface area contributed by atoms with Gasteiger partial charge < -0.3 is 9.47 Å². The molecule has 0 saturated carbocycles. The summed E-state index contributed by atoms with van der Waals surface area (Å²) in [7, 11) is 0. The second-order valence-electron chi connectivity index (χ2n) is 9.40. The molecule has 0 bridgehead atoms. The van der Waals surface area contributed by atoms with Crippen LogP contribution >= 0.6 is 0 Å². The summed E-state index contributed by atoms with van der Waals surface area (Å²) in [6.07, 6.45) is -1.01. The number of benzene rings is 4. The monoisotopic (exact) mass is 534 g/mol. The highest BCUT2D eigenvalue weighted by Gasteiger charge is 2.60. The van der Waals surface area contributed by atoms with E-state index in [9.17, 15) is 14.4 Å². The Morgan fingerprint density at radius 2 is 1.45 bits per heavy atom. The van der Waals surface area contributed by atoms with E-state index in [1.165, 1.54) is 4.90 Å². The van der Waals surface area contributed by atoms with Crippen molar-refractivity contribution in [3.8, 4) is 11.5 Å². The van der Waals surface area contributed by atoms with Crippen LogP contribution in [0.25, 0.3) is 0 Å². The van der Waals surface area contributed by atoms with Crippen molar-refractivity contribution in [2.75, 3.05) is 16.6 Å². The summed E-state index contributed by atoms with van der Waals surface area (Å²) in [5.74, 6) is -1.28. The predicted molar refractivity (Wildman–Crippen MR) is 148 cm³/mol. The molecule has 200 valence electrons. The zero-order valence-electron chi connectivity index (χ0n) is 21.7. The summed E-state index contributed by atoms with van der Waals surface area (Å²) in [6.45, 7) is 2.24. The number of anilines is 2. The number of hydrogen-bond donors (Lipinski definition) is 0. The van der Waals surface area contributed by atoms with Gasteiger partial charge in [0.15, 0.2) is 6.10 Å². The summed E-state index contributed by atoms with van der Waals surface area (Å²) in [5, 5.41) is 1.63. The molecule has 4 aromatic rings. The van der Waals surface area contributed by atoms with Crippen LogP contribution in [-0.4, -0.2) is 30.5 Å². The number of carbonyl (C=O) groups excluding carboxylic acids is 3. The summed E-state index contributed by atoms with van der Waals surface area (Å²) >= 11 is 0. The largest absolute Gasteiger partial charge is 0.492 e. The van der Waals surface area contributed by atoms with Gasteiger partial charge in [-0.05, 0) is 61.0 Å². The number of ether oxygens (including phenoxy) is 2. The van der Waals surface area contributed by atoms with Gasteiger partial charge in [-0.3, -0.25) is 14.4 Å². The summed E-state index contributed by atoms with van der Waals surface area (Å²) in [6, 6.07) is 31.4. The maximum atomic E-state index is 14.0. The Kier molecular flexibility index (Phi) is 6.76. The SMILES string of the molecule is CCOc1ccccc1N1C(=O)[C@H]2[C@H](ON(c3ccccc3)[C@@H]2c2ccc(OC(=O)c3ccccc3)cc2)C1=O. The summed E-state index contributed by atoms with van der Waals surface area (Å²) in [5.41, 5.74) is 2.28. The molecule has 0 radical (unpaired) electrons. The molecule has 3 atom stereocenters. The van der Waals surface area contributed by atoms with Crippen molar-refractivity contribution < 1.29 is 28.7 Å². The fourth-order valence-electron chi connectivity index (χ4n) is 5.18. The molecule has 2 fully saturated rings. The number of nitrogens with zero attached hydrogens (tertiary/aromatic N) is 2. The Morgan fingerprint density at radius 1 is 0.800 bits per heavy atom. The molecule has 6 rings (SSSR count). The highest BCUT2D eigenvalue weighted by Crippen LogP contribution is 2.48. The minimum absolute atomic E-state index is 0.362.